The average molecular weight is 432 g/mol. The molecule has 0 radical (unpaired) electrons. The molecule has 150 valence electrons. The molecule has 0 amide bonds. The van der Waals surface area contributed by atoms with E-state index in [4.69, 9.17) is 20.8 Å². The standard InChI is InChI=1S/C21H18ClNO5S/c22-18-8-3-17(4-9-18)15-28-21(24)12-7-16-5-10-20(11-6-16)29(25,26)23-14-19-2-1-13-27-19/h1-13,23H,14-15H2/b12-7+. The van der Waals surface area contributed by atoms with Crippen LogP contribution in [0.2, 0.25) is 5.02 Å². The fourth-order valence-corrected chi connectivity index (χ4v) is 3.49. The van der Waals surface area contributed by atoms with E-state index in [1.54, 1.807) is 54.6 Å². The van der Waals surface area contributed by atoms with Crippen LogP contribution in [0.5, 0.6) is 0 Å². The van der Waals surface area contributed by atoms with Gasteiger partial charge in [0.15, 0.2) is 0 Å². The Labute approximate surface area is 173 Å². The second kappa shape index (κ2) is 9.56. The van der Waals surface area contributed by atoms with Gasteiger partial charge in [-0.05, 0) is 53.6 Å². The van der Waals surface area contributed by atoms with Crippen molar-refractivity contribution in [2.75, 3.05) is 0 Å². The van der Waals surface area contributed by atoms with E-state index in [0.29, 0.717) is 16.3 Å². The molecule has 0 atom stereocenters. The smallest absolute Gasteiger partial charge is 0.331 e. The summed E-state index contributed by atoms with van der Waals surface area (Å²) in [6.07, 6.45) is 4.32. The van der Waals surface area contributed by atoms with Gasteiger partial charge in [0, 0.05) is 11.1 Å². The molecule has 8 heteroatoms. The molecule has 3 aromatic rings. The van der Waals surface area contributed by atoms with E-state index >= 15 is 0 Å². The van der Waals surface area contributed by atoms with Gasteiger partial charge in [0.05, 0.1) is 17.7 Å². The minimum Gasteiger partial charge on any atom is -0.468 e. The number of carbonyl (C=O) groups is 1. The molecule has 2 aromatic carbocycles. The summed E-state index contributed by atoms with van der Waals surface area (Å²) in [4.78, 5) is 11.9. The Morgan fingerprint density at radius 3 is 2.45 bits per heavy atom. The quantitative estimate of drug-likeness (QED) is 0.427. The van der Waals surface area contributed by atoms with Crippen molar-refractivity contribution in [3.63, 3.8) is 0 Å². The van der Waals surface area contributed by atoms with Gasteiger partial charge in [0.25, 0.3) is 0 Å². The van der Waals surface area contributed by atoms with E-state index in [1.165, 1.54) is 24.5 Å². The van der Waals surface area contributed by atoms with Crippen molar-refractivity contribution >= 4 is 33.7 Å². The predicted octanol–water partition coefficient (Wildman–Crippen LogP) is 4.17. The van der Waals surface area contributed by atoms with Crippen molar-refractivity contribution in [1.82, 2.24) is 4.72 Å². The third-order valence-electron chi connectivity index (χ3n) is 3.91. The molecule has 0 aliphatic heterocycles. The summed E-state index contributed by atoms with van der Waals surface area (Å²) < 4.78 is 37.3. The third-order valence-corrected chi connectivity index (χ3v) is 5.58. The van der Waals surface area contributed by atoms with Gasteiger partial charge in [-0.3, -0.25) is 0 Å². The van der Waals surface area contributed by atoms with Crippen LogP contribution in [0.15, 0.2) is 82.3 Å². The molecule has 29 heavy (non-hydrogen) atoms. The summed E-state index contributed by atoms with van der Waals surface area (Å²) in [6, 6.07) is 16.5. The van der Waals surface area contributed by atoms with Gasteiger partial charge in [-0.15, -0.1) is 0 Å². The van der Waals surface area contributed by atoms with E-state index < -0.39 is 16.0 Å². The summed E-state index contributed by atoms with van der Waals surface area (Å²) in [6.45, 7) is 0.204. The number of nitrogens with one attached hydrogen (secondary N) is 1. The number of furan rings is 1. The largest absolute Gasteiger partial charge is 0.468 e. The number of sulfonamides is 1. The highest BCUT2D eigenvalue weighted by molar-refractivity contribution is 7.89. The van der Waals surface area contributed by atoms with E-state index in [2.05, 4.69) is 4.72 Å². The van der Waals surface area contributed by atoms with Crippen LogP contribution in [0.4, 0.5) is 0 Å². The topological polar surface area (TPSA) is 85.6 Å². The number of ether oxygens (including phenoxy) is 1. The maximum absolute atomic E-state index is 12.3. The Bertz CT molecular complexity index is 1070. The van der Waals surface area contributed by atoms with Crippen LogP contribution >= 0.6 is 11.6 Å². The van der Waals surface area contributed by atoms with Crippen molar-refractivity contribution < 1.29 is 22.4 Å². The van der Waals surface area contributed by atoms with E-state index in [0.717, 1.165) is 5.56 Å². The van der Waals surface area contributed by atoms with Crippen LogP contribution in [-0.2, 0) is 32.7 Å². The van der Waals surface area contributed by atoms with Gasteiger partial charge in [-0.2, -0.15) is 0 Å². The number of carbonyl (C=O) groups excluding carboxylic acids is 1. The first-order valence-electron chi connectivity index (χ1n) is 8.64. The molecule has 0 bridgehead atoms. The molecule has 1 heterocycles. The zero-order chi connectivity index (χ0) is 20.7. The van der Waals surface area contributed by atoms with Crippen molar-refractivity contribution in [2.45, 2.75) is 18.0 Å². The van der Waals surface area contributed by atoms with Crippen LogP contribution in [-0.4, -0.2) is 14.4 Å². The Morgan fingerprint density at radius 2 is 1.79 bits per heavy atom. The van der Waals surface area contributed by atoms with Crippen molar-refractivity contribution in [3.05, 3.63) is 94.9 Å². The summed E-state index contributed by atoms with van der Waals surface area (Å²) in [7, 11) is -3.66. The molecule has 0 unspecified atom stereocenters. The van der Waals surface area contributed by atoms with Crippen molar-refractivity contribution in [3.8, 4) is 0 Å². The van der Waals surface area contributed by atoms with Gasteiger partial charge in [-0.25, -0.2) is 17.9 Å². The molecular weight excluding hydrogens is 414 g/mol. The molecule has 0 aliphatic carbocycles. The molecule has 0 saturated heterocycles. The molecule has 1 N–H and O–H groups in total. The normalized spacial score (nSPS) is 11.6. The average Bonchev–Trinajstić information content (AvgIpc) is 3.24. The first-order chi connectivity index (χ1) is 13.9. The second-order valence-electron chi connectivity index (χ2n) is 6.04. The number of hydrogen-bond donors (Lipinski definition) is 1. The number of benzene rings is 2. The molecule has 0 aliphatic rings. The van der Waals surface area contributed by atoms with Crippen molar-refractivity contribution in [2.24, 2.45) is 0 Å². The van der Waals surface area contributed by atoms with Crippen LogP contribution < -0.4 is 4.72 Å². The van der Waals surface area contributed by atoms with Gasteiger partial charge in [0.2, 0.25) is 10.0 Å². The highest BCUT2D eigenvalue weighted by atomic mass is 35.5. The first-order valence-corrected chi connectivity index (χ1v) is 10.5. The molecule has 0 fully saturated rings. The number of hydrogen-bond acceptors (Lipinski definition) is 5. The lowest BCUT2D eigenvalue weighted by Crippen LogP contribution is -2.22. The SMILES string of the molecule is O=C(/C=C/c1ccc(S(=O)(=O)NCc2ccco2)cc1)OCc1ccc(Cl)cc1. The Kier molecular flexibility index (Phi) is 6.87. The molecule has 0 spiro atoms. The second-order valence-corrected chi connectivity index (χ2v) is 8.24. The van der Waals surface area contributed by atoms with Crippen LogP contribution in [0.1, 0.15) is 16.9 Å². The lowest BCUT2D eigenvalue weighted by molar-refractivity contribution is -0.138. The summed E-state index contributed by atoms with van der Waals surface area (Å²) >= 11 is 5.81. The Hall–Kier alpha value is -2.87. The number of esters is 1. The molecule has 1 aromatic heterocycles. The summed E-state index contributed by atoms with van der Waals surface area (Å²) in [5, 5.41) is 0.613. The molecular formula is C21H18ClNO5S. The number of rotatable bonds is 8. The minimum atomic E-state index is -3.66. The van der Waals surface area contributed by atoms with Gasteiger partial charge in [0.1, 0.15) is 12.4 Å². The lowest BCUT2D eigenvalue weighted by Gasteiger charge is -2.06. The van der Waals surface area contributed by atoms with Gasteiger partial charge < -0.3 is 9.15 Å². The highest BCUT2D eigenvalue weighted by Gasteiger charge is 2.14. The first kappa shape index (κ1) is 20.9. The predicted molar refractivity (Wildman–Crippen MR) is 109 cm³/mol. The van der Waals surface area contributed by atoms with Gasteiger partial charge in [-0.1, -0.05) is 35.9 Å². The minimum absolute atomic E-state index is 0.0659. The van der Waals surface area contributed by atoms with Crippen LogP contribution in [0.3, 0.4) is 0 Å². The van der Waals surface area contributed by atoms with E-state index in [1.807, 2.05) is 0 Å². The Balaban J connectivity index is 1.53. The zero-order valence-electron chi connectivity index (χ0n) is 15.2. The van der Waals surface area contributed by atoms with Crippen molar-refractivity contribution in [1.29, 1.82) is 0 Å². The maximum atomic E-state index is 12.3. The van der Waals surface area contributed by atoms with Crippen LogP contribution in [0.25, 0.3) is 6.08 Å². The number of halogens is 1. The highest BCUT2D eigenvalue weighted by Crippen LogP contribution is 2.13. The fraction of sp³-hybridized carbons (Fsp3) is 0.0952. The monoisotopic (exact) mass is 431 g/mol. The fourth-order valence-electron chi connectivity index (χ4n) is 2.37. The van der Waals surface area contributed by atoms with E-state index in [9.17, 15) is 13.2 Å². The van der Waals surface area contributed by atoms with Gasteiger partial charge >= 0.3 is 5.97 Å². The zero-order valence-corrected chi connectivity index (χ0v) is 16.8. The summed E-state index contributed by atoms with van der Waals surface area (Å²) in [5.41, 5.74) is 1.49. The van der Waals surface area contributed by atoms with E-state index in [-0.39, 0.29) is 18.0 Å². The molecule has 3 rings (SSSR count). The third kappa shape index (κ3) is 6.32. The molecule has 6 nitrogen and oxygen atoms in total. The van der Waals surface area contributed by atoms with Crippen LogP contribution in [0, 0.1) is 0 Å². The maximum Gasteiger partial charge on any atom is 0.331 e. The molecule has 0 saturated carbocycles. The summed E-state index contributed by atoms with van der Waals surface area (Å²) in [5.74, 6) is 0.0157. The lowest BCUT2D eigenvalue weighted by atomic mass is 10.2. The Morgan fingerprint density at radius 1 is 1.07 bits per heavy atom.